The Hall–Kier alpha value is -1.15. The normalized spacial score (nSPS) is 10.5. The summed E-state index contributed by atoms with van der Waals surface area (Å²) in [6, 6.07) is 5.59. The molecule has 0 fully saturated rings. The minimum absolute atomic E-state index is 0.653. The molecule has 0 atom stereocenters. The lowest BCUT2D eigenvalue weighted by molar-refractivity contribution is 1.19. The van der Waals surface area contributed by atoms with Crippen molar-refractivity contribution in [2.45, 2.75) is 6.92 Å². The topological polar surface area (TPSA) is 25.8 Å². The van der Waals surface area contributed by atoms with E-state index in [9.17, 15) is 0 Å². The predicted octanol–water partition coefficient (Wildman–Crippen LogP) is 2.59. The van der Waals surface area contributed by atoms with Gasteiger partial charge in [-0.05, 0) is 19.1 Å². The second-order valence-corrected chi connectivity index (χ2v) is 3.03. The zero-order valence-electron chi connectivity index (χ0n) is 6.58. The van der Waals surface area contributed by atoms with Crippen LogP contribution in [0.4, 0.5) is 0 Å². The third-order valence-electron chi connectivity index (χ3n) is 1.64. The van der Waals surface area contributed by atoms with Crippen LogP contribution in [0.2, 0.25) is 5.02 Å². The van der Waals surface area contributed by atoms with Crippen LogP contribution in [0.15, 0.2) is 24.4 Å². The highest BCUT2D eigenvalue weighted by molar-refractivity contribution is 6.34. The molecule has 0 spiro atoms. The smallest absolute Gasteiger partial charge is 0.107 e. The number of halogens is 1. The zero-order valence-corrected chi connectivity index (χ0v) is 7.34. The summed E-state index contributed by atoms with van der Waals surface area (Å²) in [4.78, 5) is 8.48. The molecule has 0 unspecified atom stereocenters. The Labute approximate surface area is 75.2 Å². The molecule has 0 amide bonds. The maximum absolute atomic E-state index is 5.91. The van der Waals surface area contributed by atoms with Crippen molar-refractivity contribution in [2.24, 2.45) is 0 Å². The van der Waals surface area contributed by atoms with Crippen molar-refractivity contribution in [1.29, 1.82) is 0 Å². The Morgan fingerprint density at radius 1 is 1.33 bits per heavy atom. The van der Waals surface area contributed by atoms with Gasteiger partial charge >= 0.3 is 0 Å². The fraction of sp³-hybridized carbons (Fsp3) is 0.111. The van der Waals surface area contributed by atoms with Crippen LogP contribution in [0.25, 0.3) is 11.0 Å². The van der Waals surface area contributed by atoms with Gasteiger partial charge < -0.3 is 0 Å². The maximum atomic E-state index is 5.91. The lowest BCUT2D eigenvalue weighted by atomic mass is 10.3. The first kappa shape index (κ1) is 7.50. The summed E-state index contributed by atoms with van der Waals surface area (Å²) < 4.78 is 0. The molecule has 0 bridgehead atoms. The van der Waals surface area contributed by atoms with Crippen molar-refractivity contribution in [3.8, 4) is 0 Å². The van der Waals surface area contributed by atoms with Gasteiger partial charge in [0.05, 0.1) is 16.2 Å². The van der Waals surface area contributed by atoms with Crippen molar-refractivity contribution < 1.29 is 0 Å². The Morgan fingerprint density at radius 2 is 2.17 bits per heavy atom. The summed E-state index contributed by atoms with van der Waals surface area (Å²) in [6.45, 7) is 1.91. The van der Waals surface area contributed by atoms with Gasteiger partial charge in [0.25, 0.3) is 0 Å². The van der Waals surface area contributed by atoms with Crippen molar-refractivity contribution in [2.75, 3.05) is 0 Å². The number of hydrogen-bond donors (Lipinski definition) is 0. The van der Waals surface area contributed by atoms with Crippen LogP contribution in [-0.4, -0.2) is 9.97 Å². The minimum atomic E-state index is 0.653. The summed E-state index contributed by atoms with van der Waals surface area (Å²) >= 11 is 5.91. The van der Waals surface area contributed by atoms with E-state index in [4.69, 9.17) is 11.6 Å². The molecule has 2 nitrogen and oxygen atoms in total. The van der Waals surface area contributed by atoms with Gasteiger partial charge in [-0.15, -0.1) is 0 Å². The number of aryl methyl sites for hydroxylation is 1. The van der Waals surface area contributed by atoms with Crippen LogP contribution < -0.4 is 0 Å². The number of para-hydroxylation sites is 1. The van der Waals surface area contributed by atoms with Gasteiger partial charge in [-0.2, -0.15) is 0 Å². The third-order valence-corrected chi connectivity index (χ3v) is 1.95. The number of fused-ring (bicyclic) bond motifs is 1. The maximum Gasteiger partial charge on any atom is 0.107 e. The van der Waals surface area contributed by atoms with Crippen LogP contribution in [0.5, 0.6) is 0 Å². The fourth-order valence-electron chi connectivity index (χ4n) is 1.10. The molecular formula is C9H7ClN2. The standard InChI is InChI=1S/C9H7ClN2/c1-6-5-11-9-7(10)3-2-4-8(9)12-6/h2-5H,1H3. The Kier molecular flexibility index (Phi) is 1.70. The van der Waals surface area contributed by atoms with Gasteiger partial charge in [-0.25, -0.2) is 4.98 Å². The van der Waals surface area contributed by atoms with Gasteiger partial charge in [0.15, 0.2) is 0 Å². The first-order valence-electron chi connectivity index (χ1n) is 3.65. The number of benzene rings is 1. The van der Waals surface area contributed by atoms with Crippen LogP contribution in [0, 0.1) is 6.92 Å². The second-order valence-electron chi connectivity index (χ2n) is 2.62. The van der Waals surface area contributed by atoms with Crippen LogP contribution >= 0.6 is 11.6 Å². The van der Waals surface area contributed by atoms with Gasteiger partial charge in [-0.3, -0.25) is 4.98 Å². The van der Waals surface area contributed by atoms with E-state index in [1.807, 2.05) is 25.1 Å². The van der Waals surface area contributed by atoms with Crippen LogP contribution in [-0.2, 0) is 0 Å². The summed E-state index contributed by atoms with van der Waals surface area (Å²) in [7, 11) is 0. The number of aromatic nitrogens is 2. The molecule has 1 aromatic carbocycles. The van der Waals surface area contributed by atoms with E-state index < -0.39 is 0 Å². The molecule has 2 aromatic rings. The molecule has 0 aliphatic rings. The van der Waals surface area contributed by atoms with Gasteiger partial charge in [0, 0.05) is 6.20 Å². The number of rotatable bonds is 0. The lowest BCUT2D eigenvalue weighted by Gasteiger charge is -1.98. The largest absolute Gasteiger partial charge is 0.251 e. The molecule has 2 rings (SSSR count). The summed E-state index contributed by atoms with van der Waals surface area (Å²) in [6.07, 6.45) is 1.72. The number of hydrogen-bond acceptors (Lipinski definition) is 2. The molecule has 0 N–H and O–H groups in total. The summed E-state index contributed by atoms with van der Waals surface area (Å²) in [5, 5.41) is 0.653. The highest BCUT2D eigenvalue weighted by Crippen LogP contribution is 2.18. The lowest BCUT2D eigenvalue weighted by Crippen LogP contribution is -1.86. The molecular weight excluding hydrogens is 172 g/mol. The molecule has 0 aliphatic carbocycles. The Balaban J connectivity index is 2.86. The number of nitrogens with zero attached hydrogens (tertiary/aromatic N) is 2. The Bertz CT molecular complexity index is 426. The van der Waals surface area contributed by atoms with Crippen molar-refractivity contribution in [1.82, 2.24) is 9.97 Å². The van der Waals surface area contributed by atoms with Gasteiger partial charge in [0.1, 0.15) is 5.52 Å². The highest BCUT2D eigenvalue weighted by atomic mass is 35.5. The van der Waals surface area contributed by atoms with E-state index in [0.29, 0.717) is 5.02 Å². The van der Waals surface area contributed by atoms with E-state index >= 15 is 0 Å². The van der Waals surface area contributed by atoms with E-state index in [1.54, 1.807) is 6.20 Å². The molecule has 12 heavy (non-hydrogen) atoms. The average molecular weight is 179 g/mol. The molecule has 3 heteroatoms. The van der Waals surface area contributed by atoms with Crippen molar-refractivity contribution in [3.63, 3.8) is 0 Å². The third kappa shape index (κ3) is 1.14. The van der Waals surface area contributed by atoms with Crippen LogP contribution in [0.1, 0.15) is 5.69 Å². The quantitative estimate of drug-likeness (QED) is 0.620. The van der Waals surface area contributed by atoms with Gasteiger partial charge in [0.2, 0.25) is 0 Å². The molecule has 0 saturated heterocycles. The second kappa shape index (κ2) is 2.72. The molecule has 0 aliphatic heterocycles. The van der Waals surface area contributed by atoms with E-state index in [-0.39, 0.29) is 0 Å². The first-order valence-corrected chi connectivity index (χ1v) is 4.03. The average Bonchev–Trinajstić information content (AvgIpc) is 2.04. The molecule has 1 aromatic heterocycles. The summed E-state index contributed by atoms with van der Waals surface area (Å²) in [5.74, 6) is 0. The summed E-state index contributed by atoms with van der Waals surface area (Å²) in [5.41, 5.74) is 2.53. The van der Waals surface area contributed by atoms with E-state index in [2.05, 4.69) is 9.97 Å². The highest BCUT2D eigenvalue weighted by Gasteiger charge is 1.99. The zero-order chi connectivity index (χ0) is 8.55. The molecule has 0 saturated carbocycles. The van der Waals surface area contributed by atoms with E-state index in [1.165, 1.54) is 0 Å². The SMILES string of the molecule is Cc1cnc2c(Cl)cccc2n1. The Morgan fingerprint density at radius 3 is 3.00 bits per heavy atom. The molecule has 0 radical (unpaired) electrons. The van der Waals surface area contributed by atoms with E-state index in [0.717, 1.165) is 16.7 Å². The monoisotopic (exact) mass is 178 g/mol. The molecule has 60 valence electrons. The molecule has 1 heterocycles. The minimum Gasteiger partial charge on any atom is -0.251 e. The fourth-order valence-corrected chi connectivity index (χ4v) is 1.32. The first-order chi connectivity index (χ1) is 5.77. The van der Waals surface area contributed by atoms with Crippen molar-refractivity contribution in [3.05, 3.63) is 35.1 Å². The van der Waals surface area contributed by atoms with Crippen molar-refractivity contribution >= 4 is 22.6 Å². The van der Waals surface area contributed by atoms with Gasteiger partial charge in [-0.1, -0.05) is 17.7 Å². The predicted molar refractivity (Wildman–Crippen MR) is 49.3 cm³/mol. The van der Waals surface area contributed by atoms with Crippen LogP contribution in [0.3, 0.4) is 0 Å².